The van der Waals surface area contributed by atoms with Crippen LogP contribution in [0, 0.1) is 0 Å². The maximum Gasteiger partial charge on any atom is 0.164 e. The first-order chi connectivity index (χ1) is 24.2. The standard InChI is InChI=1S/C39H24N4O.C3H8.CH4O/c1-3-11-25(12-4-1)37-40-38(26-13-5-2-6-14-26)42-39(41-37)27-19-21-35-31(23-27)32-24-28(20-22-36(32)44-35)43-33-17-9-7-15-29(33)30-16-8-10-18-34(30)43;1-3-2;1-2/h1-24H;3H2,1-2H3;2H,1H3. The lowest BCUT2D eigenvalue weighted by Gasteiger charge is -2.09. The number of aromatic nitrogens is 4. The van der Waals surface area contributed by atoms with Gasteiger partial charge < -0.3 is 14.1 Å². The molecule has 240 valence electrons. The second kappa shape index (κ2) is 13.9. The number of fused-ring (bicyclic) bond motifs is 6. The van der Waals surface area contributed by atoms with Gasteiger partial charge in [-0.1, -0.05) is 117 Å². The Morgan fingerprint density at radius 2 is 0.898 bits per heavy atom. The quantitative estimate of drug-likeness (QED) is 0.207. The third-order valence-corrected chi connectivity index (χ3v) is 8.25. The smallest absolute Gasteiger partial charge is 0.164 e. The summed E-state index contributed by atoms with van der Waals surface area (Å²) in [5, 5.41) is 11.5. The molecule has 0 aliphatic heterocycles. The largest absolute Gasteiger partial charge is 0.456 e. The van der Waals surface area contributed by atoms with E-state index in [1.165, 1.54) is 28.2 Å². The van der Waals surface area contributed by atoms with Gasteiger partial charge in [0.15, 0.2) is 17.5 Å². The third-order valence-electron chi connectivity index (χ3n) is 8.25. The Balaban J connectivity index is 0.000000719. The van der Waals surface area contributed by atoms with Gasteiger partial charge in [0.25, 0.3) is 0 Å². The highest BCUT2D eigenvalue weighted by Crippen LogP contribution is 2.37. The molecule has 0 aliphatic rings. The summed E-state index contributed by atoms with van der Waals surface area (Å²) in [6.45, 7) is 4.25. The molecule has 0 fully saturated rings. The van der Waals surface area contributed by atoms with Gasteiger partial charge in [-0.25, -0.2) is 15.0 Å². The summed E-state index contributed by atoms with van der Waals surface area (Å²) in [6, 6.07) is 49.8. The lowest BCUT2D eigenvalue weighted by Crippen LogP contribution is -2.00. The number of hydrogen-bond acceptors (Lipinski definition) is 5. The summed E-state index contributed by atoms with van der Waals surface area (Å²) in [4.78, 5) is 14.7. The highest BCUT2D eigenvalue weighted by Gasteiger charge is 2.16. The Bertz CT molecular complexity index is 2410. The molecule has 0 amide bonds. The van der Waals surface area contributed by atoms with Crippen molar-refractivity contribution in [2.24, 2.45) is 0 Å². The van der Waals surface area contributed by atoms with Crippen LogP contribution in [0.5, 0.6) is 0 Å². The van der Waals surface area contributed by atoms with Gasteiger partial charge in [0.05, 0.1) is 11.0 Å². The Hall–Kier alpha value is -6.11. The van der Waals surface area contributed by atoms with Gasteiger partial charge in [-0.2, -0.15) is 0 Å². The molecule has 9 aromatic rings. The lowest BCUT2D eigenvalue weighted by atomic mass is 10.1. The minimum Gasteiger partial charge on any atom is -0.456 e. The van der Waals surface area contributed by atoms with Gasteiger partial charge >= 0.3 is 0 Å². The van der Waals surface area contributed by atoms with E-state index in [4.69, 9.17) is 24.5 Å². The van der Waals surface area contributed by atoms with E-state index in [9.17, 15) is 0 Å². The first-order valence-corrected chi connectivity index (χ1v) is 16.5. The van der Waals surface area contributed by atoms with Crippen LogP contribution in [0.2, 0.25) is 0 Å². The topological polar surface area (TPSA) is 77.0 Å². The first kappa shape index (κ1) is 31.5. The van der Waals surface area contributed by atoms with Crippen LogP contribution in [0.4, 0.5) is 0 Å². The predicted molar refractivity (Wildman–Crippen MR) is 202 cm³/mol. The molecule has 0 unspecified atom stereocenters. The van der Waals surface area contributed by atoms with Crippen LogP contribution >= 0.6 is 0 Å². The number of aliphatic hydroxyl groups is 1. The maximum absolute atomic E-state index is 7.00. The summed E-state index contributed by atoms with van der Waals surface area (Å²) in [5.41, 5.74) is 7.89. The number of hydrogen-bond donors (Lipinski definition) is 1. The molecule has 6 aromatic carbocycles. The normalized spacial score (nSPS) is 10.9. The first-order valence-electron chi connectivity index (χ1n) is 16.5. The molecule has 0 atom stereocenters. The predicted octanol–water partition coefficient (Wildman–Crippen LogP) is 10.9. The Morgan fingerprint density at radius 1 is 0.469 bits per heavy atom. The van der Waals surface area contributed by atoms with E-state index in [2.05, 4.69) is 91.2 Å². The molecule has 3 heterocycles. The molecule has 1 N–H and O–H groups in total. The second-order valence-corrected chi connectivity index (χ2v) is 11.6. The van der Waals surface area contributed by atoms with Crippen molar-refractivity contribution in [1.82, 2.24) is 19.5 Å². The molecule has 6 heteroatoms. The van der Waals surface area contributed by atoms with Crippen LogP contribution in [0.15, 0.2) is 150 Å². The monoisotopic (exact) mass is 640 g/mol. The number of rotatable bonds is 4. The Morgan fingerprint density at radius 3 is 1.43 bits per heavy atom. The zero-order chi connectivity index (χ0) is 33.7. The number of aliphatic hydroxyl groups excluding tert-OH is 1. The Labute approximate surface area is 285 Å². The van der Waals surface area contributed by atoms with Crippen molar-refractivity contribution in [3.05, 3.63) is 146 Å². The van der Waals surface area contributed by atoms with Gasteiger partial charge in [-0.3, -0.25) is 0 Å². The zero-order valence-electron chi connectivity index (χ0n) is 27.7. The fourth-order valence-electron chi connectivity index (χ4n) is 6.18. The fourth-order valence-corrected chi connectivity index (χ4v) is 6.18. The van der Waals surface area contributed by atoms with Crippen molar-refractivity contribution in [1.29, 1.82) is 0 Å². The average Bonchev–Trinajstić information content (AvgIpc) is 3.71. The summed E-state index contributed by atoms with van der Waals surface area (Å²) < 4.78 is 8.64. The highest BCUT2D eigenvalue weighted by atomic mass is 16.3. The summed E-state index contributed by atoms with van der Waals surface area (Å²) in [7, 11) is 1.00. The highest BCUT2D eigenvalue weighted by molar-refractivity contribution is 6.10. The van der Waals surface area contributed by atoms with Crippen molar-refractivity contribution < 1.29 is 9.52 Å². The van der Waals surface area contributed by atoms with Gasteiger partial charge in [0, 0.05) is 51.0 Å². The molecule has 0 saturated heterocycles. The Kier molecular flexibility index (Phi) is 8.96. The van der Waals surface area contributed by atoms with Gasteiger partial charge in [-0.05, 0) is 48.5 Å². The molecule has 0 aliphatic carbocycles. The number of benzene rings is 6. The molecule has 0 radical (unpaired) electrons. The fraction of sp³-hybridized carbons (Fsp3) is 0.0930. The molecule has 6 nitrogen and oxygen atoms in total. The van der Waals surface area contributed by atoms with Crippen LogP contribution in [-0.2, 0) is 0 Å². The van der Waals surface area contributed by atoms with Crippen LogP contribution < -0.4 is 0 Å². The minimum absolute atomic E-state index is 0.618. The van der Waals surface area contributed by atoms with Gasteiger partial charge in [0.1, 0.15) is 11.2 Å². The van der Waals surface area contributed by atoms with Crippen LogP contribution in [0.25, 0.3) is 83.6 Å². The van der Waals surface area contributed by atoms with Crippen LogP contribution in [0.3, 0.4) is 0 Å². The van der Waals surface area contributed by atoms with E-state index < -0.39 is 0 Å². The molecule has 49 heavy (non-hydrogen) atoms. The van der Waals surface area contributed by atoms with Gasteiger partial charge in [-0.15, -0.1) is 0 Å². The number of nitrogens with zero attached hydrogens (tertiary/aromatic N) is 4. The molecular weight excluding hydrogens is 604 g/mol. The third kappa shape index (κ3) is 5.94. The summed E-state index contributed by atoms with van der Waals surface area (Å²) >= 11 is 0. The molecule has 0 saturated carbocycles. The molecule has 3 aromatic heterocycles. The summed E-state index contributed by atoms with van der Waals surface area (Å²) in [6.07, 6.45) is 1.25. The van der Waals surface area contributed by atoms with Crippen molar-refractivity contribution >= 4 is 43.7 Å². The zero-order valence-corrected chi connectivity index (χ0v) is 27.7. The van der Waals surface area contributed by atoms with E-state index >= 15 is 0 Å². The van der Waals surface area contributed by atoms with Crippen molar-refractivity contribution in [2.45, 2.75) is 20.3 Å². The van der Waals surface area contributed by atoms with E-state index in [0.29, 0.717) is 17.5 Å². The number of para-hydroxylation sites is 2. The van der Waals surface area contributed by atoms with E-state index in [1.54, 1.807) is 0 Å². The van der Waals surface area contributed by atoms with Crippen LogP contribution in [-0.4, -0.2) is 31.7 Å². The second-order valence-electron chi connectivity index (χ2n) is 11.6. The van der Waals surface area contributed by atoms with E-state index in [1.807, 2.05) is 72.8 Å². The maximum atomic E-state index is 7.00. The minimum atomic E-state index is 0.618. The molecule has 0 spiro atoms. The lowest BCUT2D eigenvalue weighted by molar-refractivity contribution is 0.399. The van der Waals surface area contributed by atoms with E-state index in [0.717, 1.165) is 51.4 Å². The summed E-state index contributed by atoms with van der Waals surface area (Å²) in [5.74, 6) is 1.90. The average molecular weight is 641 g/mol. The van der Waals surface area contributed by atoms with Crippen molar-refractivity contribution in [2.75, 3.05) is 7.11 Å². The van der Waals surface area contributed by atoms with Gasteiger partial charge in [0.2, 0.25) is 0 Å². The molecular formula is C43H36N4O2. The molecule has 0 bridgehead atoms. The van der Waals surface area contributed by atoms with Crippen molar-refractivity contribution in [3.8, 4) is 39.9 Å². The molecule has 9 rings (SSSR count). The van der Waals surface area contributed by atoms with E-state index in [-0.39, 0.29) is 0 Å². The number of furan rings is 1. The SMILES string of the molecule is CCC.CO.c1ccc(-c2nc(-c3ccccc3)nc(-c3ccc4oc5ccc(-n6c7ccccc7c7ccccc76)cc5c4c3)n2)cc1. The van der Waals surface area contributed by atoms with Crippen molar-refractivity contribution in [3.63, 3.8) is 0 Å². The van der Waals surface area contributed by atoms with Crippen LogP contribution in [0.1, 0.15) is 20.3 Å².